The van der Waals surface area contributed by atoms with Gasteiger partial charge in [0.1, 0.15) is 17.3 Å². The Kier molecular flexibility index (Phi) is 3.56. The smallest absolute Gasteiger partial charge is 0.147 e. The minimum absolute atomic E-state index is 0.0255. The van der Waals surface area contributed by atoms with Crippen molar-refractivity contribution >= 4 is 11.7 Å². The number of aliphatic hydroxyl groups excluding tert-OH is 1. The Hall–Kier alpha value is -1.69. The summed E-state index contributed by atoms with van der Waals surface area (Å²) in [4.78, 5) is 9.88. The molecule has 82 valence electrons. The Morgan fingerprint density at radius 2 is 2.27 bits per heavy atom. The Balaban J connectivity index is 2.84. The molecule has 1 aromatic rings. The maximum atomic E-state index is 8.97. The highest BCUT2D eigenvalue weighted by molar-refractivity contribution is 5.92. The molecular formula is C9H15N5O. The highest BCUT2D eigenvalue weighted by Crippen LogP contribution is 2.09. The van der Waals surface area contributed by atoms with Gasteiger partial charge in [0, 0.05) is 7.05 Å². The molecule has 0 bridgehead atoms. The van der Waals surface area contributed by atoms with E-state index in [1.165, 1.54) is 12.4 Å². The lowest BCUT2D eigenvalue weighted by molar-refractivity contribution is 0.269. The number of rotatable bonds is 4. The number of nitrogen functional groups attached to an aromatic ring is 1. The first-order valence-electron chi connectivity index (χ1n) is 4.56. The van der Waals surface area contributed by atoms with Crippen LogP contribution in [-0.2, 0) is 0 Å². The second-order valence-electron chi connectivity index (χ2n) is 3.32. The number of aromatic nitrogens is 2. The zero-order chi connectivity index (χ0) is 11.4. The summed E-state index contributed by atoms with van der Waals surface area (Å²) in [6.45, 7) is 1.92. The third kappa shape index (κ3) is 2.63. The molecule has 6 heteroatoms. The summed E-state index contributed by atoms with van der Waals surface area (Å²) in [5, 5.41) is 16.1. The number of aliphatic hydroxyl groups is 1. The van der Waals surface area contributed by atoms with Crippen molar-refractivity contribution in [1.29, 1.82) is 5.41 Å². The Morgan fingerprint density at radius 1 is 1.60 bits per heavy atom. The topological polar surface area (TPSA) is 99.1 Å². The summed E-state index contributed by atoms with van der Waals surface area (Å²) in [6.07, 6.45) is 2.97. The molecule has 0 aliphatic rings. The van der Waals surface area contributed by atoms with E-state index in [1.54, 1.807) is 4.90 Å². The number of nitrogens with zero attached hydrogens (tertiary/aromatic N) is 3. The molecule has 0 spiro atoms. The zero-order valence-electron chi connectivity index (χ0n) is 8.81. The van der Waals surface area contributed by atoms with Gasteiger partial charge in [-0.1, -0.05) is 0 Å². The lowest BCUT2D eigenvalue weighted by Gasteiger charge is -2.23. The Labute approximate surface area is 88.3 Å². The van der Waals surface area contributed by atoms with Crippen molar-refractivity contribution in [3.63, 3.8) is 0 Å². The van der Waals surface area contributed by atoms with Crippen LogP contribution in [0.15, 0.2) is 12.4 Å². The van der Waals surface area contributed by atoms with Crippen molar-refractivity contribution in [1.82, 2.24) is 9.97 Å². The first kappa shape index (κ1) is 11.4. The van der Waals surface area contributed by atoms with E-state index in [2.05, 4.69) is 9.97 Å². The molecule has 0 fully saturated rings. The largest absolute Gasteiger partial charge is 0.394 e. The standard InChI is InChI=1S/C9H15N5O/c1-6(5-15)14(2)8-4-12-7(3-13-8)9(10)11/h3-4,6,15H,5H2,1-2H3,(H3,10,11). The fraction of sp³-hybridized carbons (Fsp3) is 0.444. The molecule has 0 radical (unpaired) electrons. The highest BCUT2D eigenvalue weighted by Gasteiger charge is 2.10. The van der Waals surface area contributed by atoms with E-state index < -0.39 is 0 Å². The number of likely N-dealkylation sites (N-methyl/N-ethyl adjacent to an activating group) is 1. The molecular weight excluding hydrogens is 194 g/mol. The fourth-order valence-electron chi connectivity index (χ4n) is 0.991. The van der Waals surface area contributed by atoms with E-state index in [-0.39, 0.29) is 18.5 Å². The van der Waals surface area contributed by atoms with Gasteiger partial charge in [0.15, 0.2) is 0 Å². The van der Waals surface area contributed by atoms with Crippen molar-refractivity contribution < 1.29 is 5.11 Å². The van der Waals surface area contributed by atoms with Gasteiger partial charge in [-0.15, -0.1) is 0 Å². The molecule has 4 N–H and O–H groups in total. The van der Waals surface area contributed by atoms with Crippen LogP contribution in [0.4, 0.5) is 5.82 Å². The van der Waals surface area contributed by atoms with Gasteiger partial charge in [-0.25, -0.2) is 9.97 Å². The summed E-state index contributed by atoms with van der Waals surface area (Å²) in [5.41, 5.74) is 5.60. The average molecular weight is 209 g/mol. The van der Waals surface area contributed by atoms with Crippen molar-refractivity contribution in [3.8, 4) is 0 Å². The summed E-state index contributed by atoms with van der Waals surface area (Å²) in [7, 11) is 1.82. The van der Waals surface area contributed by atoms with Crippen LogP contribution in [0.25, 0.3) is 0 Å². The van der Waals surface area contributed by atoms with E-state index in [9.17, 15) is 0 Å². The SMILES string of the molecule is CC(CO)N(C)c1cnc(C(=N)N)cn1. The number of hydrogen-bond acceptors (Lipinski definition) is 5. The molecule has 1 heterocycles. The average Bonchev–Trinajstić information content (AvgIpc) is 2.27. The highest BCUT2D eigenvalue weighted by atomic mass is 16.3. The summed E-state index contributed by atoms with van der Waals surface area (Å²) in [5.74, 6) is 0.536. The first-order valence-corrected chi connectivity index (χ1v) is 4.56. The molecule has 0 amide bonds. The van der Waals surface area contributed by atoms with Crippen molar-refractivity contribution in [2.24, 2.45) is 5.73 Å². The molecule has 1 rings (SSSR count). The molecule has 1 unspecified atom stereocenters. The van der Waals surface area contributed by atoms with E-state index in [0.29, 0.717) is 11.5 Å². The van der Waals surface area contributed by atoms with Crippen LogP contribution in [0.1, 0.15) is 12.6 Å². The number of nitrogens with one attached hydrogen (secondary N) is 1. The number of nitrogens with two attached hydrogens (primary N) is 1. The van der Waals surface area contributed by atoms with Crippen LogP contribution < -0.4 is 10.6 Å². The Bertz CT molecular complexity index is 337. The predicted molar refractivity (Wildman–Crippen MR) is 58.0 cm³/mol. The monoisotopic (exact) mass is 209 g/mol. The quantitative estimate of drug-likeness (QED) is 0.462. The van der Waals surface area contributed by atoms with Gasteiger partial charge in [0.05, 0.1) is 25.0 Å². The minimum atomic E-state index is -0.105. The summed E-state index contributed by atoms with van der Waals surface area (Å²) in [6, 6.07) is -0.0255. The second-order valence-corrected chi connectivity index (χ2v) is 3.32. The van der Waals surface area contributed by atoms with Gasteiger partial charge in [-0.05, 0) is 6.92 Å². The Morgan fingerprint density at radius 3 is 2.67 bits per heavy atom. The van der Waals surface area contributed by atoms with Gasteiger partial charge in [-0.2, -0.15) is 0 Å². The molecule has 1 aromatic heterocycles. The lowest BCUT2D eigenvalue weighted by Crippen LogP contribution is -2.32. The molecule has 0 saturated heterocycles. The molecule has 0 aliphatic carbocycles. The first-order chi connectivity index (χ1) is 7.06. The number of anilines is 1. The molecule has 0 saturated carbocycles. The molecule has 6 nitrogen and oxygen atoms in total. The minimum Gasteiger partial charge on any atom is -0.394 e. The van der Waals surface area contributed by atoms with Crippen LogP contribution in [0.3, 0.4) is 0 Å². The summed E-state index contributed by atoms with van der Waals surface area (Å²) >= 11 is 0. The van der Waals surface area contributed by atoms with Crippen LogP contribution in [0.5, 0.6) is 0 Å². The van der Waals surface area contributed by atoms with Crippen molar-refractivity contribution in [3.05, 3.63) is 18.1 Å². The fourth-order valence-corrected chi connectivity index (χ4v) is 0.991. The third-order valence-electron chi connectivity index (χ3n) is 2.20. The number of hydrogen-bond donors (Lipinski definition) is 3. The molecule has 1 atom stereocenters. The normalized spacial score (nSPS) is 12.2. The van der Waals surface area contributed by atoms with Crippen molar-refractivity contribution in [2.75, 3.05) is 18.6 Å². The molecule has 15 heavy (non-hydrogen) atoms. The van der Waals surface area contributed by atoms with E-state index >= 15 is 0 Å². The lowest BCUT2D eigenvalue weighted by atomic mass is 10.3. The van der Waals surface area contributed by atoms with Crippen LogP contribution >= 0.6 is 0 Å². The van der Waals surface area contributed by atoms with Gasteiger partial charge in [-0.3, -0.25) is 5.41 Å². The second kappa shape index (κ2) is 4.70. The summed E-state index contributed by atoms with van der Waals surface area (Å²) < 4.78 is 0. The van der Waals surface area contributed by atoms with E-state index in [0.717, 1.165) is 0 Å². The maximum absolute atomic E-state index is 8.97. The van der Waals surface area contributed by atoms with Gasteiger partial charge in [0.25, 0.3) is 0 Å². The van der Waals surface area contributed by atoms with E-state index in [1.807, 2.05) is 14.0 Å². The van der Waals surface area contributed by atoms with Crippen molar-refractivity contribution in [2.45, 2.75) is 13.0 Å². The predicted octanol–water partition coefficient (Wildman–Crippen LogP) is -0.422. The zero-order valence-corrected chi connectivity index (χ0v) is 8.81. The van der Waals surface area contributed by atoms with Gasteiger partial charge >= 0.3 is 0 Å². The van der Waals surface area contributed by atoms with Crippen LogP contribution in [0.2, 0.25) is 0 Å². The third-order valence-corrected chi connectivity index (χ3v) is 2.20. The maximum Gasteiger partial charge on any atom is 0.147 e. The molecule has 0 aliphatic heterocycles. The van der Waals surface area contributed by atoms with Gasteiger partial charge < -0.3 is 15.7 Å². The van der Waals surface area contributed by atoms with Crippen LogP contribution in [-0.4, -0.2) is 40.6 Å². The van der Waals surface area contributed by atoms with Gasteiger partial charge in [0.2, 0.25) is 0 Å². The molecule has 0 aromatic carbocycles. The van der Waals surface area contributed by atoms with Crippen LogP contribution in [0, 0.1) is 5.41 Å². The van der Waals surface area contributed by atoms with E-state index in [4.69, 9.17) is 16.2 Å². The number of amidine groups is 1.